The van der Waals surface area contributed by atoms with Gasteiger partial charge in [0.15, 0.2) is 0 Å². The first-order chi connectivity index (χ1) is 16.9. The third-order valence-corrected chi connectivity index (χ3v) is 8.02. The number of ether oxygens (including phenoxy) is 1. The molecule has 5 rings (SSSR count). The van der Waals surface area contributed by atoms with Gasteiger partial charge >= 0.3 is 12.1 Å². The van der Waals surface area contributed by atoms with Gasteiger partial charge in [0, 0.05) is 19.0 Å². The molecule has 2 aromatic carbocycles. The summed E-state index contributed by atoms with van der Waals surface area (Å²) >= 11 is 0. The molecule has 2 aliphatic carbocycles. The molecule has 35 heavy (non-hydrogen) atoms. The molecule has 2 amide bonds. The van der Waals surface area contributed by atoms with E-state index in [1.807, 2.05) is 31.2 Å². The van der Waals surface area contributed by atoms with Crippen LogP contribution in [0.5, 0.6) is 0 Å². The monoisotopic (exact) mass is 476 g/mol. The summed E-state index contributed by atoms with van der Waals surface area (Å²) < 4.78 is 5.75. The number of nitrogens with one attached hydrogen (secondary N) is 1. The average molecular weight is 477 g/mol. The number of alkyl carbamates (subject to hydrolysis) is 1. The van der Waals surface area contributed by atoms with E-state index in [9.17, 15) is 19.5 Å². The van der Waals surface area contributed by atoms with Crippen LogP contribution in [0.25, 0.3) is 11.1 Å². The fourth-order valence-corrected chi connectivity index (χ4v) is 6.13. The van der Waals surface area contributed by atoms with E-state index in [0.29, 0.717) is 19.4 Å². The lowest BCUT2D eigenvalue weighted by atomic mass is 9.80. The Morgan fingerprint density at radius 3 is 2.14 bits per heavy atom. The summed E-state index contributed by atoms with van der Waals surface area (Å²) in [5.74, 6) is -1.81. The zero-order valence-electron chi connectivity index (χ0n) is 20.0. The summed E-state index contributed by atoms with van der Waals surface area (Å²) in [5.41, 5.74) is 3.55. The van der Waals surface area contributed by atoms with Gasteiger partial charge in [0.1, 0.15) is 12.1 Å². The number of carboxylic acids is 1. The minimum absolute atomic E-state index is 0.0538. The molecule has 1 heterocycles. The van der Waals surface area contributed by atoms with Crippen LogP contribution in [-0.4, -0.2) is 53.2 Å². The number of fused-ring (bicyclic) bond motifs is 3. The predicted molar refractivity (Wildman–Crippen MR) is 131 cm³/mol. The largest absolute Gasteiger partial charge is 0.481 e. The normalized spacial score (nSPS) is 22.8. The number of likely N-dealkylation sites (tertiary alicyclic amines) is 1. The fraction of sp³-hybridized carbons (Fsp3) is 0.464. The lowest BCUT2D eigenvalue weighted by Gasteiger charge is -2.39. The minimum atomic E-state index is -1.03. The van der Waals surface area contributed by atoms with E-state index < -0.39 is 23.5 Å². The van der Waals surface area contributed by atoms with E-state index in [2.05, 4.69) is 29.6 Å². The maximum atomic E-state index is 13.6. The van der Waals surface area contributed by atoms with E-state index in [1.54, 1.807) is 4.90 Å². The van der Waals surface area contributed by atoms with E-state index in [0.717, 1.165) is 41.5 Å². The lowest BCUT2D eigenvalue weighted by molar-refractivity contribution is -0.143. The molecular weight excluding hydrogens is 444 g/mol. The van der Waals surface area contributed by atoms with Crippen molar-refractivity contribution >= 4 is 18.0 Å². The van der Waals surface area contributed by atoms with Crippen molar-refractivity contribution in [3.8, 4) is 11.1 Å². The molecule has 1 saturated carbocycles. The van der Waals surface area contributed by atoms with Gasteiger partial charge < -0.3 is 20.1 Å². The third-order valence-electron chi connectivity index (χ3n) is 8.02. The van der Waals surface area contributed by atoms with Gasteiger partial charge in [0.2, 0.25) is 5.91 Å². The van der Waals surface area contributed by atoms with E-state index >= 15 is 0 Å². The predicted octanol–water partition coefficient (Wildman–Crippen LogP) is 4.41. The molecule has 2 aromatic rings. The fourth-order valence-electron chi connectivity index (χ4n) is 6.13. The van der Waals surface area contributed by atoms with Crippen molar-refractivity contribution in [1.29, 1.82) is 0 Å². The minimum Gasteiger partial charge on any atom is -0.481 e. The number of carbonyl (C=O) groups excluding carboxylic acids is 2. The molecule has 0 aromatic heterocycles. The Morgan fingerprint density at radius 1 is 0.971 bits per heavy atom. The maximum absolute atomic E-state index is 13.6. The second-order valence-electron chi connectivity index (χ2n) is 10.2. The van der Waals surface area contributed by atoms with Crippen LogP contribution in [-0.2, 0) is 14.3 Å². The Hall–Kier alpha value is -3.35. The van der Waals surface area contributed by atoms with Gasteiger partial charge in [-0.25, -0.2) is 4.79 Å². The van der Waals surface area contributed by atoms with Gasteiger partial charge in [-0.2, -0.15) is 0 Å². The Bertz CT molecular complexity index is 1090. The first kappa shape index (κ1) is 23.4. The number of carbonyl (C=O) groups is 3. The number of carboxylic acid groups (broad SMARTS) is 1. The van der Waals surface area contributed by atoms with Crippen molar-refractivity contribution in [2.75, 3.05) is 19.7 Å². The quantitative estimate of drug-likeness (QED) is 0.667. The summed E-state index contributed by atoms with van der Waals surface area (Å²) in [6, 6.07) is 16.3. The van der Waals surface area contributed by atoms with Gasteiger partial charge in [0.25, 0.3) is 0 Å². The van der Waals surface area contributed by atoms with Crippen molar-refractivity contribution in [2.24, 2.45) is 11.8 Å². The molecule has 0 spiro atoms. The van der Waals surface area contributed by atoms with E-state index in [4.69, 9.17) is 4.74 Å². The summed E-state index contributed by atoms with van der Waals surface area (Å²) in [6.07, 6.45) is 3.17. The molecule has 7 nitrogen and oxygen atoms in total. The second-order valence-corrected chi connectivity index (χ2v) is 10.2. The first-order valence-electron chi connectivity index (χ1n) is 12.5. The summed E-state index contributed by atoms with van der Waals surface area (Å²) in [6.45, 7) is 2.62. The van der Waals surface area contributed by atoms with Crippen LogP contribution in [0.4, 0.5) is 4.79 Å². The molecule has 0 radical (unpaired) electrons. The molecule has 184 valence electrons. The molecular formula is C28H32N2O5. The molecule has 7 heteroatoms. The molecule has 2 N–H and O–H groups in total. The van der Waals surface area contributed by atoms with Crippen LogP contribution >= 0.6 is 0 Å². The van der Waals surface area contributed by atoms with E-state index in [1.165, 1.54) is 0 Å². The molecule has 2 atom stereocenters. The third kappa shape index (κ3) is 4.28. The van der Waals surface area contributed by atoms with Crippen LogP contribution < -0.4 is 5.32 Å². The van der Waals surface area contributed by atoms with Gasteiger partial charge in [-0.1, -0.05) is 74.7 Å². The number of aliphatic carboxylic acids is 1. The lowest BCUT2D eigenvalue weighted by Crippen LogP contribution is -2.60. The summed E-state index contributed by atoms with van der Waals surface area (Å²) in [7, 11) is 0. The standard InChI is InChI=1S/C28H32N2O5/c1-18-15-30(16-23(18)25(31)32)26(33)28(13-7-2-8-14-28)29-27(34)35-17-24-21-11-5-3-9-19(21)20-10-4-6-12-22(20)24/h3-6,9-12,18,23-24H,2,7-8,13-17H2,1H3,(H,29,34)(H,31,32)/t18-,23-/m1/s1. The Balaban J connectivity index is 1.30. The van der Waals surface area contributed by atoms with Crippen LogP contribution in [0.2, 0.25) is 0 Å². The Morgan fingerprint density at radius 2 is 1.57 bits per heavy atom. The van der Waals surface area contributed by atoms with Crippen LogP contribution in [0.1, 0.15) is 56.1 Å². The number of hydrogen-bond donors (Lipinski definition) is 2. The zero-order chi connectivity index (χ0) is 24.6. The molecule has 1 saturated heterocycles. The number of rotatable bonds is 5. The maximum Gasteiger partial charge on any atom is 0.408 e. The summed E-state index contributed by atoms with van der Waals surface area (Å²) in [5, 5.41) is 12.4. The SMILES string of the molecule is C[C@@H]1CN(C(=O)C2(NC(=O)OCC3c4ccccc4-c4ccccc43)CCCCC2)C[C@H]1C(=O)O. The second kappa shape index (κ2) is 9.36. The first-order valence-corrected chi connectivity index (χ1v) is 12.5. The highest BCUT2D eigenvalue weighted by molar-refractivity contribution is 5.91. The van der Waals surface area contributed by atoms with Gasteiger partial charge in [-0.3, -0.25) is 9.59 Å². The highest BCUT2D eigenvalue weighted by atomic mass is 16.5. The van der Waals surface area contributed by atoms with Crippen LogP contribution in [0, 0.1) is 11.8 Å². The van der Waals surface area contributed by atoms with Crippen molar-refractivity contribution in [3.63, 3.8) is 0 Å². The van der Waals surface area contributed by atoms with Gasteiger partial charge in [-0.15, -0.1) is 0 Å². The van der Waals surface area contributed by atoms with Crippen molar-refractivity contribution in [1.82, 2.24) is 10.2 Å². The number of hydrogen-bond acceptors (Lipinski definition) is 4. The van der Waals surface area contributed by atoms with Crippen molar-refractivity contribution < 1.29 is 24.2 Å². The molecule has 0 bridgehead atoms. The zero-order valence-corrected chi connectivity index (χ0v) is 20.0. The summed E-state index contributed by atoms with van der Waals surface area (Å²) in [4.78, 5) is 39.9. The number of benzene rings is 2. The number of nitrogens with zero attached hydrogens (tertiary/aromatic N) is 1. The number of amides is 2. The van der Waals surface area contributed by atoms with Crippen molar-refractivity contribution in [2.45, 2.75) is 50.5 Å². The highest BCUT2D eigenvalue weighted by Crippen LogP contribution is 2.44. The molecule has 3 aliphatic rings. The van der Waals surface area contributed by atoms with Crippen molar-refractivity contribution in [3.05, 3.63) is 59.7 Å². The molecule has 1 aliphatic heterocycles. The van der Waals surface area contributed by atoms with Gasteiger partial charge in [-0.05, 0) is 41.0 Å². The Kier molecular flexibility index (Phi) is 6.26. The van der Waals surface area contributed by atoms with Gasteiger partial charge in [0.05, 0.1) is 5.92 Å². The molecule has 2 fully saturated rings. The smallest absolute Gasteiger partial charge is 0.408 e. The highest BCUT2D eigenvalue weighted by Gasteiger charge is 2.47. The van der Waals surface area contributed by atoms with Crippen LogP contribution in [0.3, 0.4) is 0 Å². The average Bonchev–Trinajstić information content (AvgIpc) is 3.41. The van der Waals surface area contributed by atoms with E-state index in [-0.39, 0.29) is 30.9 Å². The topological polar surface area (TPSA) is 95.9 Å². The Labute approximate surface area is 205 Å². The molecule has 0 unspecified atom stereocenters. The van der Waals surface area contributed by atoms with Crippen LogP contribution in [0.15, 0.2) is 48.5 Å².